The van der Waals surface area contributed by atoms with Gasteiger partial charge in [-0.2, -0.15) is 5.10 Å². The van der Waals surface area contributed by atoms with Crippen LogP contribution >= 0.6 is 0 Å². The van der Waals surface area contributed by atoms with Crippen molar-refractivity contribution in [3.05, 3.63) is 71.7 Å². The first-order chi connectivity index (χ1) is 15.2. The average Bonchev–Trinajstić information content (AvgIpc) is 3.29. The number of aromatic nitrogens is 6. The van der Waals surface area contributed by atoms with Crippen LogP contribution in [0.4, 0.5) is 10.2 Å². The summed E-state index contributed by atoms with van der Waals surface area (Å²) in [4.78, 5) is 31.0. The number of halogens is 1. The molecule has 4 aromatic heterocycles. The Morgan fingerprint density at radius 3 is 3.03 bits per heavy atom. The second kappa shape index (κ2) is 6.86. The molecule has 2 N–H and O–H groups in total. The summed E-state index contributed by atoms with van der Waals surface area (Å²) in [7, 11) is 0. The molecular formula is C21H19FN8O. The molecule has 1 atom stereocenters. The molecule has 1 aliphatic carbocycles. The quantitative estimate of drug-likeness (QED) is 0.526. The zero-order valence-electron chi connectivity index (χ0n) is 16.5. The number of anilines is 1. The number of carbonyl (C=O) groups is 1. The van der Waals surface area contributed by atoms with E-state index in [9.17, 15) is 9.18 Å². The van der Waals surface area contributed by atoms with E-state index in [1.807, 2.05) is 4.90 Å². The molecule has 4 aromatic rings. The molecule has 2 aliphatic rings. The van der Waals surface area contributed by atoms with E-state index >= 15 is 0 Å². The predicted molar refractivity (Wildman–Crippen MR) is 109 cm³/mol. The summed E-state index contributed by atoms with van der Waals surface area (Å²) in [5, 5.41) is 7.56. The van der Waals surface area contributed by atoms with E-state index in [1.54, 1.807) is 30.9 Å². The van der Waals surface area contributed by atoms with Gasteiger partial charge >= 0.3 is 0 Å². The number of carbonyl (C=O) groups excluding carboxylic acids is 1. The predicted octanol–water partition coefficient (Wildman–Crippen LogP) is 2.03. The van der Waals surface area contributed by atoms with Crippen molar-refractivity contribution in [1.29, 1.82) is 0 Å². The molecule has 31 heavy (non-hydrogen) atoms. The summed E-state index contributed by atoms with van der Waals surface area (Å²) >= 11 is 0. The van der Waals surface area contributed by atoms with Gasteiger partial charge in [0.2, 0.25) is 0 Å². The second-order valence-corrected chi connectivity index (χ2v) is 7.87. The van der Waals surface area contributed by atoms with Crippen LogP contribution in [0.5, 0.6) is 0 Å². The van der Waals surface area contributed by atoms with E-state index in [2.05, 4.69) is 30.4 Å². The molecule has 1 saturated carbocycles. The minimum atomic E-state index is -0.360. The lowest BCUT2D eigenvalue weighted by Gasteiger charge is -2.34. The van der Waals surface area contributed by atoms with Crippen LogP contribution in [0.25, 0.3) is 5.52 Å². The maximum absolute atomic E-state index is 14.3. The fourth-order valence-corrected chi connectivity index (χ4v) is 4.06. The van der Waals surface area contributed by atoms with Gasteiger partial charge in [-0.05, 0) is 31.0 Å². The number of hydrogen-bond donors (Lipinski definition) is 2. The largest absolute Gasteiger partial charge is 0.348 e. The molecule has 10 heteroatoms. The maximum atomic E-state index is 14.3. The third-order valence-corrected chi connectivity index (χ3v) is 5.74. The lowest BCUT2D eigenvalue weighted by molar-refractivity contribution is 0.0945. The first-order valence-electron chi connectivity index (χ1n) is 10.2. The van der Waals surface area contributed by atoms with Gasteiger partial charge in [0.05, 0.1) is 35.8 Å². The maximum Gasteiger partial charge on any atom is 0.271 e. The van der Waals surface area contributed by atoms with Crippen molar-refractivity contribution in [1.82, 2.24) is 34.9 Å². The summed E-state index contributed by atoms with van der Waals surface area (Å²) in [6, 6.07) is 4.64. The van der Waals surface area contributed by atoms with Crippen LogP contribution in [0.3, 0.4) is 0 Å². The molecular weight excluding hydrogens is 399 g/mol. The van der Waals surface area contributed by atoms with Gasteiger partial charge < -0.3 is 15.2 Å². The average molecular weight is 418 g/mol. The first-order valence-corrected chi connectivity index (χ1v) is 10.2. The van der Waals surface area contributed by atoms with E-state index < -0.39 is 0 Å². The van der Waals surface area contributed by atoms with Crippen LogP contribution in [0.15, 0.2) is 43.1 Å². The Labute approximate surface area is 176 Å². The monoisotopic (exact) mass is 418 g/mol. The number of fused-ring (bicyclic) bond motifs is 2. The number of nitrogens with zero attached hydrogens (tertiary/aromatic N) is 6. The van der Waals surface area contributed by atoms with Gasteiger partial charge in [0.25, 0.3) is 5.91 Å². The Bertz CT molecular complexity index is 1290. The summed E-state index contributed by atoms with van der Waals surface area (Å²) in [5.74, 6) is 0.000597. The van der Waals surface area contributed by atoms with Crippen molar-refractivity contribution >= 4 is 17.2 Å². The molecule has 156 valence electrons. The van der Waals surface area contributed by atoms with E-state index in [4.69, 9.17) is 0 Å². The highest BCUT2D eigenvalue weighted by Crippen LogP contribution is 2.36. The van der Waals surface area contributed by atoms with Crippen molar-refractivity contribution in [2.45, 2.75) is 31.3 Å². The van der Waals surface area contributed by atoms with E-state index in [0.717, 1.165) is 24.2 Å². The third kappa shape index (κ3) is 3.11. The molecule has 5 heterocycles. The number of imidazole rings is 1. The van der Waals surface area contributed by atoms with Crippen LogP contribution < -0.4 is 10.2 Å². The van der Waals surface area contributed by atoms with Crippen LogP contribution in [-0.2, 0) is 6.42 Å². The molecule has 6 rings (SSSR count). The molecule has 0 aromatic carbocycles. The van der Waals surface area contributed by atoms with Crippen molar-refractivity contribution in [2.75, 3.05) is 11.4 Å². The molecule has 9 nitrogen and oxygen atoms in total. The number of nitrogens with one attached hydrogen (secondary N) is 2. The minimum Gasteiger partial charge on any atom is -0.348 e. The second-order valence-electron chi connectivity index (χ2n) is 7.87. The molecule has 0 bridgehead atoms. The number of rotatable bonds is 4. The number of aromatic amines is 1. The van der Waals surface area contributed by atoms with Crippen molar-refractivity contribution < 1.29 is 9.18 Å². The summed E-state index contributed by atoms with van der Waals surface area (Å²) < 4.78 is 15.8. The number of H-pyrrole nitrogens is 1. The summed E-state index contributed by atoms with van der Waals surface area (Å²) in [6.45, 7) is 0.612. The summed E-state index contributed by atoms with van der Waals surface area (Å²) in [5.41, 5.74) is 3.15. The topological polar surface area (TPSA) is 104 Å². The molecule has 1 fully saturated rings. The third-order valence-electron chi connectivity index (χ3n) is 5.74. The summed E-state index contributed by atoms with van der Waals surface area (Å²) in [6.07, 6.45) is 9.19. The van der Waals surface area contributed by atoms with Crippen molar-refractivity contribution in [2.24, 2.45) is 0 Å². The Morgan fingerprint density at radius 1 is 1.29 bits per heavy atom. The van der Waals surface area contributed by atoms with Crippen LogP contribution in [0, 0.1) is 5.82 Å². The Balaban J connectivity index is 1.43. The fourth-order valence-electron chi connectivity index (χ4n) is 4.06. The normalized spacial score (nSPS) is 18.2. The van der Waals surface area contributed by atoms with E-state index in [1.165, 1.54) is 16.8 Å². The van der Waals surface area contributed by atoms with Crippen molar-refractivity contribution in [3.8, 4) is 0 Å². The molecule has 0 saturated heterocycles. The standard InChI is InChI=1S/C21H19FN8O/c22-13-2-1-6-30-17(13)8-15(28-30)20-19-14(24-11-25-19)5-7-29(20)18-10-23-9-16(27-18)21(31)26-12-3-4-12/h1-2,6,8-12,20H,3-5,7H2,(H,24,25)(H,26,31)/t20-/m0/s1. The molecule has 0 radical (unpaired) electrons. The number of pyridine rings is 1. The Hall–Kier alpha value is -3.82. The zero-order chi connectivity index (χ0) is 20.9. The highest BCUT2D eigenvalue weighted by Gasteiger charge is 2.34. The molecule has 0 unspecified atom stereocenters. The fraction of sp³-hybridized carbons (Fsp3) is 0.286. The van der Waals surface area contributed by atoms with Crippen LogP contribution in [0.1, 0.15) is 46.5 Å². The molecule has 1 amide bonds. The minimum absolute atomic E-state index is 0.220. The number of amides is 1. The van der Waals surface area contributed by atoms with Gasteiger partial charge in [-0.1, -0.05) is 0 Å². The lowest BCUT2D eigenvalue weighted by Crippen LogP contribution is -2.37. The lowest BCUT2D eigenvalue weighted by atomic mass is 10.00. The molecule has 1 aliphatic heterocycles. The van der Waals surface area contributed by atoms with Gasteiger partial charge in [-0.3, -0.25) is 9.78 Å². The van der Waals surface area contributed by atoms with Gasteiger partial charge in [-0.25, -0.2) is 18.9 Å². The Morgan fingerprint density at radius 2 is 2.19 bits per heavy atom. The highest BCUT2D eigenvalue weighted by atomic mass is 19.1. The SMILES string of the molecule is O=C(NC1CC1)c1cncc(N2CCc3nc[nH]c3[C@@H]2c2cc3c(F)cccn3n2)n1. The van der Waals surface area contributed by atoms with Gasteiger partial charge in [0.1, 0.15) is 28.9 Å². The van der Waals surface area contributed by atoms with Crippen molar-refractivity contribution in [3.63, 3.8) is 0 Å². The van der Waals surface area contributed by atoms with Gasteiger partial charge in [-0.15, -0.1) is 0 Å². The van der Waals surface area contributed by atoms with E-state index in [-0.39, 0.29) is 29.5 Å². The molecule has 0 spiro atoms. The van der Waals surface area contributed by atoms with E-state index in [0.29, 0.717) is 30.0 Å². The van der Waals surface area contributed by atoms with Gasteiger partial charge in [0.15, 0.2) is 0 Å². The zero-order valence-corrected chi connectivity index (χ0v) is 16.5. The van der Waals surface area contributed by atoms with Crippen LogP contribution in [-0.4, -0.2) is 48.0 Å². The van der Waals surface area contributed by atoms with Crippen LogP contribution in [0.2, 0.25) is 0 Å². The highest BCUT2D eigenvalue weighted by molar-refractivity contribution is 5.92. The Kier molecular flexibility index (Phi) is 3.98. The first kappa shape index (κ1) is 18.0. The number of hydrogen-bond acceptors (Lipinski definition) is 6. The van der Waals surface area contributed by atoms with Gasteiger partial charge in [0, 0.05) is 25.2 Å². The smallest absolute Gasteiger partial charge is 0.271 e.